The average Bonchev–Trinajstić information content (AvgIpc) is 2.93. The van der Waals surface area contributed by atoms with Crippen LogP contribution in [0.2, 0.25) is 0 Å². The summed E-state index contributed by atoms with van der Waals surface area (Å²) in [5.74, 6) is 0. The van der Waals surface area contributed by atoms with Crippen LogP contribution in [0.15, 0.2) is 48.1 Å². The van der Waals surface area contributed by atoms with Crippen LogP contribution in [0.4, 0.5) is 5.69 Å². The Morgan fingerprint density at radius 3 is 2.52 bits per heavy atom. The maximum absolute atomic E-state index is 11.9. The van der Waals surface area contributed by atoms with Crippen LogP contribution in [0.1, 0.15) is 5.56 Å². The molecule has 0 fully saturated rings. The van der Waals surface area contributed by atoms with Gasteiger partial charge in [-0.3, -0.25) is 0 Å². The molecule has 2 rings (SSSR count). The van der Waals surface area contributed by atoms with Crippen molar-refractivity contribution in [3.63, 3.8) is 0 Å². The molecule has 0 aliphatic heterocycles. The van der Waals surface area contributed by atoms with Crippen LogP contribution in [0.25, 0.3) is 6.20 Å². The van der Waals surface area contributed by atoms with E-state index in [1.165, 1.54) is 18.4 Å². The fraction of sp³-hybridized carbons (Fsp3) is 0.214. The first-order chi connectivity index (χ1) is 9.93. The van der Waals surface area contributed by atoms with Gasteiger partial charge in [0.25, 0.3) is 0 Å². The summed E-state index contributed by atoms with van der Waals surface area (Å²) in [6.07, 6.45) is 5.23. The molecule has 6 nitrogen and oxygen atoms in total. The van der Waals surface area contributed by atoms with Crippen LogP contribution >= 0.6 is 0 Å². The third kappa shape index (κ3) is 3.50. The molecule has 0 amide bonds. The summed E-state index contributed by atoms with van der Waals surface area (Å²) in [6, 6.07) is 6.66. The van der Waals surface area contributed by atoms with Crippen molar-refractivity contribution in [2.45, 2.75) is 11.4 Å². The van der Waals surface area contributed by atoms with E-state index in [0.29, 0.717) is 6.54 Å². The third-order valence-electron chi connectivity index (χ3n) is 2.97. The molecule has 0 radical (unpaired) electrons. The molecular weight excluding hydrogens is 288 g/mol. The van der Waals surface area contributed by atoms with E-state index in [9.17, 15) is 8.42 Å². The predicted octanol–water partition coefficient (Wildman–Crippen LogP) is 1.85. The number of anilines is 1. The van der Waals surface area contributed by atoms with Crippen LogP contribution in [0.3, 0.4) is 0 Å². The van der Waals surface area contributed by atoms with E-state index in [4.69, 9.17) is 0 Å². The maximum Gasteiger partial charge on any atom is 0.242 e. The summed E-state index contributed by atoms with van der Waals surface area (Å²) in [4.78, 5) is 0.275. The second-order valence-electron chi connectivity index (χ2n) is 4.68. The fourth-order valence-corrected chi connectivity index (χ4v) is 2.63. The largest absolute Gasteiger partial charge is 0.381 e. The Bertz CT molecular complexity index is 718. The first kappa shape index (κ1) is 15.3. The van der Waals surface area contributed by atoms with Gasteiger partial charge >= 0.3 is 0 Å². The van der Waals surface area contributed by atoms with Crippen molar-refractivity contribution in [1.29, 1.82) is 0 Å². The zero-order chi connectivity index (χ0) is 15.5. The van der Waals surface area contributed by atoms with Crippen molar-refractivity contribution in [1.82, 2.24) is 14.1 Å². The number of sulfonamides is 1. The van der Waals surface area contributed by atoms with Crippen LogP contribution in [0, 0.1) is 0 Å². The number of rotatable bonds is 6. The van der Waals surface area contributed by atoms with Gasteiger partial charge in [-0.15, -0.1) is 0 Å². The second-order valence-corrected chi connectivity index (χ2v) is 6.83. The Balaban J connectivity index is 2.04. The highest BCUT2D eigenvalue weighted by atomic mass is 32.2. The predicted molar refractivity (Wildman–Crippen MR) is 83.3 cm³/mol. The Kier molecular flexibility index (Phi) is 4.44. The smallest absolute Gasteiger partial charge is 0.242 e. The van der Waals surface area contributed by atoms with Crippen molar-refractivity contribution in [3.05, 3.63) is 48.8 Å². The molecule has 0 saturated heterocycles. The Labute approximate surface area is 124 Å². The van der Waals surface area contributed by atoms with Gasteiger partial charge in [0.15, 0.2) is 0 Å². The van der Waals surface area contributed by atoms with E-state index in [-0.39, 0.29) is 4.90 Å². The molecule has 1 aromatic heterocycles. The van der Waals surface area contributed by atoms with Crippen molar-refractivity contribution in [3.8, 4) is 0 Å². The summed E-state index contributed by atoms with van der Waals surface area (Å²) >= 11 is 0. The molecule has 0 atom stereocenters. The lowest BCUT2D eigenvalue weighted by atomic mass is 10.3. The minimum absolute atomic E-state index is 0.275. The molecule has 7 heteroatoms. The third-order valence-corrected chi connectivity index (χ3v) is 4.80. The molecule has 0 unspecified atom stereocenters. The van der Waals surface area contributed by atoms with Gasteiger partial charge in [-0.2, -0.15) is 5.10 Å². The van der Waals surface area contributed by atoms with E-state index < -0.39 is 10.0 Å². The number of nitrogens with one attached hydrogen (secondary N) is 1. The number of aromatic nitrogens is 2. The van der Waals surface area contributed by atoms with E-state index >= 15 is 0 Å². The summed E-state index contributed by atoms with van der Waals surface area (Å²) in [6.45, 7) is 4.23. The van der Waals surface area contributed by atoms with Crippen molar-refractivity contribution < 1.29 is 8.42 Å². The normalized spacial score (nSPS) is 11.6. The molecule has 1 heterocycles. The van der Waals surface area contributed by atoms with Crippen LogP contribution < -0.4 is 5.32 Å². The summed E-state index contributed by atoms with van der Waals surface area (Å²) in [5, 5.41) is 7.30. The zero-order valence-electron chi connectivity index (χ0n) is 12.0. The monoisotopic (exact) mass is 306 g/mol. The van der Waals surface area contributed by atoms with Gasteiger partial charge in [0.05, 0.1) is 11.1 Å². The quantitative estimate of drug-likeness (QED) is 0.884. The van der Waals surface area contributed by atoms with Crippen LogP contribution in [-0.2, 0) is 16.6 Å². The average molecular weight is 306 g/mol. The second kappa shape index (κ2) is 6.11. The van der Waals surface area contributed by atoms with E-state index in [1.54, 1.807) is 41.3 Å². The first-order valence-corrected chi connectivity index (χ1v) is 7.79. The van der Waals surface area contributed by atoms with Crippen LogP contribution in [0.5, 0.6) is 0 Å². The van der Waals surface area contributed by atoms with E-state index in [0.717, 1.165) is 11.3 Å². The highest BCUT2D eigenvalue weighted by molar-refractivity contribution is 7.89. The van der Waals surface area contributed by atoms with Gasteiger partial charge in [0.1, 0.15) is 0 Å². The fourth-order valence-electron chi connectivity index (χ4n) is 1.73. The van der Waals surface area contributed by atoms with Gasteiger partial charge < -0.3 is 5.32 Å². The molecule has 0 spiro atoms. The number of hydrogen-bond acceptors (Lipinski definition) is 4. The molecule has 0 bridgehead atoms. The Morgan fingerprint density at radius 1 is 1.33 bits per heavy atom. The standard InChI is InChI=1S/C14H18N4O2S/c1-4-18-11-12(10-16-18)9-15-13-5-7-14(8-6-13)21(19,20)17(2)3/h4-8,10-11,15H,1,9H2,2-3H3. The zero-order valence-corrected chi connectivity index (χ0v) is 12.8. The summed E-state index contributed by atoms with van der Waals surface area (Å²) < 4.78 is 26.7. The molecule has 1 N–H and O–H groups in total. The number of benzene rings is 1. The van der Waals surface area contributed by atoms with E-state index in [1.807, 2.05) is 6.20 Å². The van der Waals surface area contributed by atoms with Crippen LogP contribution in [-0.4, -0.2) is 36.6 Å². The topological polar surface area (TPSA) is 67.2 Å². The lowest BCUT2D eigenvalue weighted by molar-refractivity contribution is 0.521. The molecular formula is C14H18N4O2S. The van der Waals surface area contributed by atoms with Crippen molar-refractivity contribution in [2.75, 3.05) is 19.4 Å². The SMILES string of the molecule is C=Cn1cc(CNc2ccc(S(=O)(=O)N(C)C)cc2)cn1. The highest BCUT2D eigenvalue weighted by Crippen LogP contribution is 2.17. The lowest BCUT2D eigenvalue weighted by Crippen LogP contribution is -2.22. The van der Waals surface area contributed by atoms with Gasteiger partial charge in [0, 0.05) is 44.3 Å². The minimum Gasteiger partial charge on any atom is -0.381 e. The molecule has 2 aromatic rings. The van der Waals surface area contributed by atoms with Crippen molar-refractivity contribution in [2.24, 2.45) is 0 Å². The summed E-state index contributed by atoms with van der Waals surface area (Å²) in [5.41, 5.74) is 1.86. The highest BCUT2D eigenvalue weighted by Gasteiger charge is 2.16. The lowest BCUT2D eigenvalue weighted by Gasteiger charge is -2.12. The molecule has 0 aliphatic carbocycles. The molecule has 0 aliphatic rings. The maximum atomic E-state index is 11.9. The number of nitrogens with zero attached hydrogens (tertiary/aromatic N) is 3. The van der Waals surface area contributed by atoms with Gasteiger partial charge in [-0.25, -0.2) is 17.4 Å². The summed E-state index contributed by atoms with van der Waals surface area (Å²) in [7, 11) is -0.354. The van der Waals surface area contributed by atoms with Gasteiger partial charge in [-0.05, 0) is 24.3 Å². The van der Waals surface area contributed by atoms with Gasteiger partial charge in [0.2, 0.25) is 10.0 Å². The number of hydrogen-bond donors (Lipinski definition) is 1. The molecule has 21 heavy (non-hydrogen) atoms. The molecule has 112 valence electrons. The van der Waals surface area contributed by atoms with Crippen molar-refractivity contribution >= 4 is 21.9 Å². The Morgan fingerprint density at radius 2 is 2.00 bits per heavy atom. The first-order valence-electron chi connectivity index (χ1n) is 6.35. The van der Waals surface area contributed by atoms with E-state index in [2.05, 4.69) is 17.0 Å². The molecule has 1 aromatic carbocycles. The minimum atomic E-state index is -3.38. The Hall–Kier alpha value is -2.12. The molecule has 0 saturated carbocycles. The van der Waals surface area contributed by atoms with Gasteiger partial charge in [-0.1, -0.05) is 6.58 Å².